The fraction of sp³-hybridized carbons (Fsp3) is 0.312. The highest BCUT2D eigenvalue weighted by atomic mass is 35.5. The van der Waals surface area contributed by atoms with Crippen LogP contribution in [0, 0.1) is 0 Å². The van der Waals surface area contributed by atoms with Crippen molar-refractivity contribution in [1.82, 2.24) is 5.32 Å². The molecular formula is C16H21ClN2O5. The highest BCUT2D eigenvalue weighted by molar-refractivity contribution is 5.94. The number of amides is 1. The maximum atomic E-state index is 12.0. The van der Waals surface area contributed by atoms with Gasteiger partial charge in [-0.3, -0.25) is 4.79 Å². The number of furan rings is 1. The minimum atomic E-state index is -0.940. The van der Waals surface area contributed by atoms with E-state index in [1.165, 1.54) is 20.5 Å². The van der Waals surface area contributed by atoms with Gasteiger partial charge in [0.05, 0.1) is 26.3 Å². The molecule has 132 valence electrons. The number of rotatable bonds is 7. The van der Waals surface area contributed by atoms with Crippen LogP contribution in [0.5, 0.6) is 11.5 Å². The highest BCUT2D eigenvalue weighted by Crippen LogP contribution is 2.29. The molecule has 24 heavy (non-hydrogen) atoms. The number of methoxy groups -OCH3 is 2. The number of hydrogen-bond donors (Lipinski definition) is 3. The lowest BCUT2D eigenvalue weighted by molar-refractivity contribution is 0.0914. The predicted molar refractivity (Wildman–Crippen MR) is 90.7 cm³/mol. The molecule has 0 aliphatic carbocycles. The zero-order valence-electron chi connectivity index (χ0n) is 13.4. The van der Waals surface area contributed by atoms with E-state index in [-0.39, 0.29) is 31.4 Å². The third-order valence-electron chi connectivity index (χ3n) is 3.37. The summed E-state index contributed by atoms with van der Waals surface area (Å²) in [7, 11) is 3.05. The molecule has 8 heteroatoms. The van der Waals surface area contributed by atoms with E-state index >= 15 is 0 Å². The number of benzene rings is 1. The summed E-state index contributed by atoms with van der Waals surface area (Å²) in [6.45, 7) is 0.239. The van der Waals surface area contributed by atoms with E-state index in [2.05, 4.69) is 5.32 Å². The van der Waals surface area contributed by atoms with Gasteiger partial charge >= 0.3 is 0 Å². The molecule has 1 heterocycles. The molecule has 1 unspecified atom stereocenters. The lowest BCUT2D eigenvalue weighted by atomic mass is 10.1. The van der Waals surface area contributed by atoms with E-state index in [9.17, 15) is 9.90 Å². The van der Waals surface area contributed by atoms with Crippen LogP contribution in [0.3, 0.4) is 0 Å². The second-order valence-electron chi connectivity index (χ2n) is 4.84. The van der Waals surface area contributed by atoms with E-state index in [1.54, 1.807) is 24.3 Å². The minimum absolute atomic E-state index is 0. The van der Waals surface area contributed by atoms with Gasteiger partial charge < -0.3 is 30.0 Å². The molecule has 0 fully saturated rings. The number of hydrogen-bond acceptors (Lipinski definition) is 6. The standard InChI is InChI=1S/C16H20N2O5.ClH/c1-21-11-3-4-15(22-2)13(6-11)14(19)8-18-16(20)10-5-12(7-17)23-9-10;/h3-6,9,14,19H,7-8,17H2,1-2H3,(H,18,20);1H. The third kappa shape index (κ3) is 4.64. The van der Waals surface area contributed by atoms with Crippen molar-refractivity contribution in [1.29, 1.82) is 0 Å². The Balaban J connectivity index is 0.00000288. The zero-order valence-corrected chi connectivity index (χ0v) is 14.3. The summed E-state index contributed by atoms with van der Waals surface area (Å²) in [5.74, 6) is 1.27. The van der Waals surface area contributed by atoms with Gasteiger partial charge in [-0.15, -0.1) is 12.4 Å². The minimum Gasteiger partial charge on any atom is -0.497 e. The van der Waals surface area contributed by atoms with Crippen molar-refractivity contribution in [3.63, 3.8) is 0 Å². The Morgan fingerprint density at radius 1 is 1.33 bits per heavy atom. The van der Waals surface area contributed by atoms with E-state index in [0.29, 0.717) is 28.4 Å². The van der Waals surface area contributed by atoms with Crippen LogP contribution in [0.1, 0.15) is 27.8 Å². The van der Waals surface area contributed by atoms with Crippen LogP contribution < -0.4 is 20.5 Å². The Hall–Kier alpha value is -2.22. The van der Waals surface area contributed by atoms with Crippen molar-refractivity contribution in [2.75, 3.05) is 20.8 Å². The number of carbonyl (C=O) groups excluding carboxylic acids is 1. The van der Waals surface area contributed by atoms with Crippen LogP contribution in [0.2, 0.25) is 0 Å². The predicted octanol–water partition coefficient (Wildman–Crippen LogP) is 1.64. The van der Waals surface area contributed by atoms with Gasteiger partial charge in [-0.2, -0.15) is 0 Å². The Labute approximate surface area is 146 Å². The van der Waals surface area contributed by atoms with E-state index < -0.39 is 6.10 Å². The maximum Gasteiger partial charge on any atom is 0.254 e. The third-order valence-corrected chi connectivity index (χ3v) is 3.37. The smallest absolute Gasteiger partial charge is 0.254 e. The van der Waals surface area contributed by atoms with Crippen molar-refractivity contribution in [2.45, 2.75) is 12.6 Å². The topological polar surface area (TPSA) is 107 Å². The van der Waals surface area contributed by atoms with E-state index in [1.807, 2.05) is 0 Å². The molecule has 2 aromatic rings. The summed E-state index contributed by atoms with van der Waals surface area (Å²) in [5.41, 5.74) is 6.32. The van der Waals surface area contributed by atoms with Gasteiger partial charge in [-0.05, 0) is 24.3 Å². The Kier molecular flexibility index (Phi) is 7.57. The first-order chi connectivity index (χ1) is 11.1. The first-order valence-corrected chi connectivity index (χ1v) is 7.04. The largest absolute Gasteiger partial charge is 0.497 e. The summed E-state index contributed by atoms with van der Waals surface area (Å²) in [4.78, 5) is 12.0. The van der Waals surface area contributed by atoms with Gasteiger partial charge in [-0.1, -0.05) is 0 Å². The number of aliphatic hydroxyl groups is 1. The van der Waals surface area contributed by atoms with Crippen LogP contribution in [0.4, 0.5) is 0 Å². The second-order valence-corrected chi connectivity index (χ2v) is 4.84. The van der Waals surface area contributed by atoms with Crippen LogP contribution in [-0.4, -0.2) is 31.8 Å². The summed E-state index contributed by atoms with van der Waals surface area (Å²) in [6.07, 6.45) is 0.389. The van der Waals surface area contributed by atoms with E-state index in [4.69, 9.17) is 19.6 Å². The monoisotopic (exact) mass is 356 g/mol. The summed E-state index contributed by atoms with van der Waals surface area (Å²) in [6, 6.07) is 6.66. The Bertz CT molecular complexity index is 674. The molecule has 1 amide bonds. The van der Waals surface area contributed by atoms with Crippen molar-refractivity contribution in [3.05, 3.63) is 47.4 Å². The van der Waals surface area contributed by atoms with Crippen molar-refractivity contribution >= 4 is 18.3 Å². The molecule has 7 nitrogen and oxygen atoms in total. The molecule has 1 aromatic carbocycles. The second kappa shape index (κ2) is 9.17. The van der Waals surface area contributed by atoms with Crippen molar-refractivity contribution in [2.24, 2.45) is 5.73 Å². The molecule has 0 aliphatic rings. The fourth-order valence-corrected chi connectivity index (χ4v) is 2.11. The molecule has 1 aromatic heterocycles. The van der Waals surface area contributed by atoms with Gasteiger partial charge in [0.15, 0.2) is 0 Å². The summed E-state index contributed by atoms with van der Waals surface area (Å²) < 4.78 is 15.5. The van der Waals surface area contributed by atoms with Crippen LogP contribution in [0.25, 0.3) is 0 Å². The zero-order chi connectivity index (χ0) is 16.8. The lowest BCUT2D eigenvalue weighted by Gasteiger charge is -2.16. The van der Waals surface area contributed by atoms with Gasteiger partial charge in [-0.25, -0.2) is 0 Å². The van der Waals surface area contributed by atoms with Gasteiger partial charge in [0.2, 0.25) is 0 Å². The number of nitrogens with two attached hydrogens (primary N) is 1. The molecule has 0 saturated heterocycles. The van der Waals surface area contributed by atoms with Crippen molar-refractivity contribution < 1.29 is 23.8 Å². The molecule has 4 N–H and O–H groups in total. The Morgan fingerprint density at radius 2 is 2.08 bits per heavy atom. The van der Waals surface area contributed by atoms with Crippen LogP contribution >= 0.6 is 12.4 Å². The van der Waals surface area contributed by atoms with Crippen LogP contribution in [0.15, 0.2) is 34.9 Å². The molecule has 0 saturated carbocycles. The average Bonchev–Trinajstić information content (AvgIpc) is 3.08. The number of halogens is 1. The molecule has 0 bridgehead atoms. The molecule has 0 aliphatic heterocycles. The van der Waals surface area contributed by atoms with Gasteiger partial charge in [0.1, 0.15) is 29.6 Å². The number of aliphatic hydroxyl groups excluding tert-OH is 1. The quantitative estimate of drug-likeness (QED) is 0.696. The number of nitrogens with one attached hydrogen (secondary N) is 1. The SMILES string of the molecule is COc1ccc(OC)c(C(O)CNC(=O)c2coc(CN)c2)c1.Cl. The lowest BCUT2D eigenvalue weighted by Crippen LogP contribution is -2.28. The number of carbonyl (C=O) groups is 1. The Morgan fingerprint density at radius 3 is 2.67 bits per heavy atom. The van der Waals surface area contributed by atoms with Crippen molar-refractivity contribution in [3.8, 4) is 11.5 Å². The first-order valence-electron chi connectivity index (χ1n) is 7.04. The highest BCUT2D eigenvalue weighted by Gasteiger charge is 2.17. The first kappa shape index (κ1) is 19.8. The average molecular weight is 357 g/mol. The number of ether oxygens (including phenoxy) is 2. The summed E-state index contributed by atoms with van der Waals surface area (Å²) in [5, 5.41) is 12.9. The van der Waals surface area contributed by atoms with Gasteiger partial charge in [0, 0.05) is 12.1 Å². The maximum absolute atomic E-state index is 12.0. The van der Waals surface area contributed by atoms with Gasteiger partial charge in [0.25, 0.3) is 5.91 Å². The molecule has 0 spiro atoms. The molecule has 0 radical (unpaired) electrons. The molecule has 1 atom stereocenters. The summed E-state index contributed by atoms with van der Waals surface area (Å²) >= 11 is 0. The normalized spacial score (nSPS) is 11.3. The fourth-order valence-electron chi connectivity index (χ4n) is 2.11. The van der Waals surface area contributed by atoms with E-state index in [0.717, 1.165) is 0 Å². The molecular weight excluding hydrogens is 336 g/mol. The molecule has 2 rings (SSSR count). The van der Waals surface area contributed by atoms with Crippen LogP contribution in [-0.2, 0) is 6.54 Å².